The lowest BCUT2D eigenvalue weighted by molar-refractivity contribution is 0.122. The van der Waals surface area contributed by atoms with Crippen LogP contribution in [0.5, 0.6) is 0 Å². The fourth-order valence-corrected chi connectivity index (χ4v) is 4.31. The van der Waals surface area contributed by atoms with E-state index < -0.39 is 5.82 Å². The number of nitrogens with zero attached hydrogens (tertiary/aromatic N) is 3. The molecule has 158 valence electrons. The van der Waals surface area contributed by atoms with Crippen molar-refractivity contribution in [1.29, 1.82) is 0 Å². The smallest absolute Gasteiger partial charge is 0.251 e. The van der Waals surface area contributed by atoms with Crippen LogP contribution >= 0.6 is 11.6 Å². The molecule has 5 nitrogen and oxygen atoms in total. The fraction of sp³-hybridized carbons (Fsp3) is 0.250. The lowest BCUT2D eigenvalue weighted by Crippen LogP contribution is -2.36. The van der Waals surface area contributed by atoms with Crippen LogP contribution < -0.4 is 10.5 Å². The van der Waals surface area contributed by atoms with E-state index in [0.29, 0.717) is 18.8 Å². The highest BCUT2D eigenvalue weighted by Crippen LogP contribution is 2.33. The molecule has 1 fully saturated rings. The number of benzene rings is 1. The lowest BCUT2D eigenvalue weighted by Gasteiger charge is -2.29. The summed E-state index contributed by atoms with van der Waals surface area (Å²) in [5, 5.41) is 0.0541. The number of rotatable bonds is 4. The maximum absolute atomic E-state index is 14.2. The van der Waals surface area contributed by atoms with Crippen LogP contribution in [0, 0.1) is 5.82 Å². The van der Waals surface area contributed by atoms with Crippen LogP contribution in [0.15, 0.2) is 59.7 Å². The van der Waals surface area contributed by atoms with Crippen molar-refractivity contribution in [3.05, 3.63) is 98.4 Å². The Labute approximate surface area is 184 Å². The number of aromatic nitrogens is 2. The van der Waals surface area contributed by atoms with Gasteiger partial charge >= 0.3 is 0 Å². The molecule has 0 saturated carbocycles. The third-order valence-corrected chi connectivity index (χ3v) is 6.09. The van der Waals surface area contributed by atoms with Gasteiger partial charge in [-0.2, -0.15) is 0 Å². The van der Waals surface area contributed by atoms with E-state index in [9.17, 15) is 9.18 Å². The molecule has 3 aromatic rings. The Balaban J connectivity index is 1.43. The van der Waals surface area contributed by atoms with Crippen LogP contribution in [-0.4, -0.2) is 35.9 Å². The van der Waals surface area contributed by atoms with Gasteiger partial charge in [0.25, 0.3) is 5.56 Å². The summed E-state index contributed by atoms with van der Waals surface area (Å²) in [6.45, 7) is 3.24. The predicted octanol–water partition coefficient (Wildman–Crippen LogP) is 3.91. The molecule has 31 heavy (non-hydrogen) atoms. The van der Waals surface area contributed by atoms with Gasteiger partial charge in [0.05, 0.1) is 42.4 Å². The van der Waals surface area contributed by atoms with Gasteiger partial charge in [0.2, 0.25) is 0 Å². The summed E-state index contributed by atoms with van der Waals surface area (Å²) in [5.41, 5.74) is 5.18. The Kier molecular flexibility index (Phi) is 5.34. The second kappa shape index (κ2) is 8.29. The van der Waals surface area contributed by atoms with E-state index in [1.165, 1.54) is 10.6 Å². The topological polar surface area (TPSA) is 47.4 Å². The van der Waals surface area contributed by atoms with E-state index in [0.717, 1.165) is 47.6 Å². The fourth-order valence-electron chi connectivity index (χ4n) is 4.11. The van der Waals surface area contributed by atoms with Crippen molar-refractivity contribution in [2.75, 3.05) is 31.2 Å². The molecular weight excluding hydrogens is 417 g/mol. The number of morpholine rings is 1. The summed E-state index contributed by atoms with van der Waals surface area (Å²) in [4.78, 5) is 19.7. The molecule has 1 saturated heterocycles. The largest absolute Gasteiger partial charge is 0.378 e. The Bertz CT molecular complexity index is 1230. The molecule has 2 aromatic heterocycles. The number of fused-ring (bicyclic) bond motifs is 1. The molecule has 0 spiro atoms. The molecular formula is C24H21ClFN3O2. The number of allylic oxidation sites excluding steroid dienone is 1. The Morgan fingerprint density at radius 2 is 2.00 bits per heavy atom. The molecule has 5 rings (SSSR count). The monoisotopic (exact) mass is 437 g/mol. The standard InChI is InChI=1S/C24H21ClFN3O2/c25-21-3-1-2-17(24(21)26)15-29-7-6-16(12-23(29)30)19-4-5-22-20(19)13-18(14-27-22)28-8-10-31-11-9-28/h1-4,6-7,12-14H,5,8-11,15H2. The van der Waals surface area contributed by atoms with Crippen molar-refractivity contribution in [3.8, 4) is 0 Å². The molecule has 0 unspecified atom stereocenters. The van der Waals surface area contributed by atoms with E-state index in [1.807, 2.05) is 12.3 Å². The molecule has 0 radical (unpaired) electrons. The van der Waals surface area contributed by atoms with E-state index in [2.05, 4.69) is 22.0 Å². The lowest BCUT2D eigenvalue weighted by atomic mass is 10.0. The second-order valence-corrected chi connectivity index (χ2v) is 8.11. The summed E-state index contributed by atoms with van der Waals surface area (Å²) in [5.74, 6) is -0.491. The van der Waals surface area contributed by atoms with Crippen LogP contribution in [0.1, 0.15) is 22.4 Å². The molecule has 1 aliphatic carbocycles. The molecule has 2 aliphatic rings. The van der Waals surface area contributed by atoms with Crippen molar-refractivity contribution in [2.24, 2.45) is 0 Å². The minimum absolute atomic E-state index is 0.0541. The second-order valence-electron chi connectivity index (χ2n) is 7.70. The van der Waals surface area contributed by atoms with Gasteiger partial charge in [-0.25, -0.2) is 4.39 Å². The van der Waals surface area contributed by atoms with Gasteiger partial charge in [-0.05, 0) is 29.3 Å². The third-order valence-electron chi connectivity index (χ3n) is 5.80. The zero-order chi connectivity index (χ0) is 21.4. The Morgan fingerprint density at radius 3 is 2.81 bits per heavy atom. The SMILES string of the molecule is O=c1cc(C2=CCc3ncc(N4CCOCC4)cc32)ccn1Cc1cccc(Cl)c1F. The van der Waals surface area contributed by atoms with Gasteiger partial charge in [-0.1, -0.05) is 29.8 Å². The van der Waals surface area contributed by atoms with Crippen molar-refractivity contribution in [1.82, 2.24) is 9.55 Å². The summed E-state index contributed by atoms with van der Waals surface area (Å²) in [7, 11) is 0. The summed E-state index contributed by atoms with van der Waals surface area (Å²) in [6.07, 6.45) is 6.47. The van der Waals surface area contributed by atoms with Crippen molar-refractivity contribution in [2.45, 2.75) is 13.0 Å². The summed E-state index contributed by atoms with van der Waals surface area (Å²) >= 11 is 5.86. The molecule has 7 heteroatoms. The zero-order valence-corrected chi connectivity index (χ0v) is 17.6. The Hall–Kier alpha value is -2.96. The van der Waals surface area contributed by atoms with Crippen LogP contribution in [-0.2, 0) is 17.7 Å². The minimum Gasteiger partial charge on any atom is -0.378 e. The van der Waals surface area contributed by atoms with E-state index in [4.69, 9.17) is 16.3 Å². The number of pyridine rings is 2. The minimum atomic E-state index is -0.491. The highest BCUT2D eigenvalue weighted by Gasteiger charge is 2.20. The highest BCUT2D eigenvalue weighted by atomic mass is 35.5. The maximum atomic E-state index is 14.2. The first-order valence-electron chi connectivity index (χ1n) is 10.3. The van der Waals surface area contributed by atoms with Crippen molar-refractivity contribution >= 4 is 22.9 Å². The molecule has 1 aromatic carbocycles. The maximum Gasteiger partial charge on any atom is 0.251 e. The van der Waals surface area contributed by atoms with Gasteiger partial charge in [-0.15, -0.1) is 0 Å². The summed E-state index contributed by atoms with van der Waals surface area (Å²) in [6, 6.07) is 10.5. The first kappa shape index (κ1) is 20.0. The number of halogens is 2. The number of ether oxygens (including phenoxy) is 1. The number of hydrogen-bond acceptors (Lipinski definition) is 4. The quantitative estimate of drug-likeness (QED) is 0.621. The third kappa shape index (κ3) is 3.89. The molecule has 1 aliphatic heterocycles. The van der Waals surface area contributed by atoms with Crippen LogP contribution in [0.25, 0.3) is 5.57 Å². The average molecular weight is 438 g/mol. The molecule has 0 bridgehead atoms. The average Bonchev–Trinajstić information content (AvgIpc) is 3.22. The Morgan fingerprint density at radius 1 is 1.16 bits per heavy atom. The van der Waals surface area contributed by atoms with Crippen molar-refractivity contribution < 1.29 is 9.13 Å². The molecule has 0 N–H and O–H groups in total. The highest BCUT2D eigenvalue weighted by molar-refractivity contribution is 6.30. The molecule has 3 heterocycles. The predicted molar refractivity (Wildman–Crippen MR) is 119 cm³/mol. The van der Waals surface area contributed by atoms with Crippen molar-refractivity contribution in [3.63, 3.8) is 0 Å². The first-order valence-corrected chi connectivity index (χ1v) is 10.6. The van der Waals surface area contributed by atoms with Gasteiger partial charge < -0.3 is 14.2 Å². The molecule has 0 atom stereocenters. The van der Waals surface area contributed by atoms with E-state index >= 15 is 0 Å². The van der Waals surface area contributed by atoms with Gasteiger partial charge in [-0.3, -0.25) is 9.78 Å². The normalized spacial score (nSPS) is 15.7. The van der Waals surface area contributed by atoms with E-state index in [-0.39, 0.29) is 17.1 Å². The van der Waals surface area contributed by atoms with Crippen LogP contribution in [0.2, 0.25) is 5.02 Å². The van der Waals surface area contributed by atoms with Gasteiger partial charge in [0.1, 0.15) is 5.82 Å². The first-order chi connectivity index (χ1) is 15.1. The zero-order valence-electron chi connectivity index (χ0n) is 16.9. The molecule has 0 amide bonds. The van der Waals surface area contributed by atoms with Gasteiger partial charge in [0.15, 0.2) is 0 Å². The van der Waals surface area contributed by atoms with E-state index in [1.54, 1.807) is 24.4 Å². The number of anilines is 1. The summed E-state index contributed by atoms with van der Waals surface area (Å²) < 4.78 is 21.2. The van der Waals surface area contributed by atoms with Crippen LogP contribution in [0.4, 0.5) is 10.1 Å². The van der Waals surface area contributed by atoms with Crippen LogP contribution in [0.3, 0.4) is 0 Å². The number of hydrogen-bond donors (Lipinski definition) is 0. The van der Waals surface area contributed by atoms with Gasteiger partial charge in [0, 0.05) is 42.9 Å².